The Labute approximate surface area is 164 Å². The molecule has 0 radical (unpaired) electrons. The largest absolute Gasteiger partial charge is 0.490 e. The molecule has 0 aromatic carbocycles. The minimum Gasteiger partial charge on any atom is -0.475 e. The molecule has 11 heteroatoms. The molecule has 29 heavy (non-hydrogen) atoms. The summed E-state index contributed by atoms with van der Waals surface area (Å²) in [6, 6.07) is 6.19. The minimum atomic E-state index is -5.08. The molecule has 0 bridgehead atoms. The van der Waals surface area contributed by atoms with Crippen molar-refractivity contribution in [1.82, 2.24) is 20.0 Å². The highest BCUT2D eigenvalue weighted by Crippen LogP contribution is 2.40. The lowest BCUT2D eigenvalue weighted by atomic mass is 10.0. The molecule has 2 aliphatic rings. The monoisotopic (exact) mass is 414 g/mol. The molecule has 8 nitrogen and oxygen atoms in total. The van der Waals surface area contributed by atoms with Crippen molar-refractivity contribution in [2.45, 2.75) is 45.2 Å². The van der Waals surface area contributed by atoms with Gasteiger partial charge in [-0.1, -0.05) is 11.2 Å². The predicted molar refractivity (Wildman–Crippen MR) is 92.7 cm³/mol. The molecule has 4 rings (SSSR count). The number of carboxylic acid groups (broad SMARTS) is 1. The van der Waals surface area contributed by atoms with E-state index in [9.17, 15) is 13.2 Å². The Bertz CT molecular complexity index is 844. The van der Waals surface area contributed by atoms with Crippen LogP contribution in [-0.2, 0) is 16.1 Å². The molecule has 0 aliphatic carbocycles. The highest BCUT2D eigenvalue weighted by Gasteiger charge is 2.44. The van der Waals surface area contributed by atoms with E-state index in [0.717, 1.165) is 37.4 Å². The predicted octanol–water partition coefficient (Wildman–Crippen LogP) is 2.68. The summed E-state index contributed by atoms with van der Waals surface area (Å²) in [7, 11) is 0. The van der Waals surface area contributed by atoms with Gasteiger partial charge in [-0.05, 0) is 32.4 Å². The minimum absolute atomic E-state index is 0.0320. The van der Waals surface area contributed by atoms with E-state index in [4.69, 9.17) is 19.2 Å². The first kappa shape index (κ1) is 21.2. The van der Waals surface area contributed by atoms with E-state index in [2.05, 4.69) is 32.2 Å². The molecule has 0 saturated carbocycles. The summed E-state index contributed by atoms with van der Waals surface area (Å²) in [5.41, 5.74) is 2.20. The van der Waals surface area contributed by atoms with Gasteiger partial charge >= 0.3 is 12.1 Å². The molecule has 0 unspecified atom stereocenters. The highest BCUT2D eigenvalue weighted by atomic mass is 19.4. The Hall–Kier alpha value is -2.53. The molecular weight excluding hydrogens is 393 g/mol. The highest BCUT2D eigenvalue weighted by molar-refractivity contribution is 5.73. The number of hydrogen-bond donors (Lipinski definition) is 1. The summed E-state index contributed by atoms with van der Waals surface area (Å²) >= 11 is 0. The quantitative estimate of drug-likeness (QED) is 0.818. The maximum absolute atomic E-state index is 10.6. The van der Waals surface area contributed by atoms with Crippen molar-refractivity contribution in [1.29, 1.82) is 0 Å². The molecule has 158 valence electrons. The summed E-state index contributed by atoms with van der Waals surface area (Å²) in [4.78, 5) is 20.2. The maximum Gasteiger partial charge on any atom is 0.490 e. The van der Waals surface area contributed by atoms with Crippen molar-refractivity contribution < 1.29 is 32.3 Å². The average Bonchev–Trinajstić information content (AvgIpc) is 3.29. The number of fused-ring (bicyclic) bond motifs is 1. The molecule has 0 amide bonds. The van der Waals surface area contributed by atoms with Crippen molar-refractivity contribution in [3.63, 3.8) is 0 Å². The van der Waals surface area contributed by atoms with Crippen molar-refractivity contribution in [2.75, 3.05) is 13.1 Å². The van der Waals surface area contributed by atoms with Gasteiger partial charge in [-0.3, -0.25) is 9.88 Å². The van der Waals surface area contributed by atoms with Crippen molar-refractivity contribution in [3.8, 4) is 0 Å². The van der Waals surface area contributed by atoms with Crippen LogP contribution >= 0.6 is 0 Å². The van der Waals surface area contributed by atoms with E-state index in [-0.39, 0.29) is 12.2 Å². The number of alkyl halides is 3. The second kappa shape index (κ2) is 8.46. The molecule has 2 aromatic rings. The molecule has 2 saturated heterocycles. The maximum atomic E-state index is 10.6. The number of aromatic nitrogens is 3. The normalized spacial score (nSPS) is 24.1. The third-order valence-corrected chi connectivity index (χ3v) is 4.71. The summed E-state index contributed by atoms with van der Waals surface area (Å²) in [6.07, 6.45) is -3.89. The number of rotatable bonds is 3. The van der Waals surface area contributed by atoms with Crippen LogP contribution in [0.25, 0.3) is 0 Å². The van der Waals surface area contributed by atoms with Crippen LogP contribution in [0, 0.1) is 19.8 Å². The number of aliphatic carboxylic acids is 1. The van der Waals surface area contributed by atoms with Gasteiger partial charge in [-0.15, -0.1) is 0 Å². The summed E-state index contributed by atoms with van der Waals surface area (Å²) < 4.78 is 43.1. The standard InChI is InChI=1S/C16H20N4O2.C2HF3O2/c1-10-4-3-5-13(17-10)8-20-7-12-6-14(21-15(12)9-20)16-18-11(2)19-22-16;3-2(4,5)1(6)7/h3-5,12,14-15H,6-9H2,1-2H3;(H,6,7)/t12-,14-,15+;/m0./s1. The molecule has 1 N–H and O–H groups in total. The number of carboxylic acids is 1. The van der Waals surface area contributed by atoms with E-state index in [0.29, 0.717) is 17.6 Å². The molecule has 0 spiro atoms. The summed E-state index contributed by atoms with van der Waals surface area (Å²) in [5.74, 6) is -0.920. The number of hydrogen-bond acceptors (Lipinski definition) is 7. The zero-order valence-corrected chi connectivity index (χ0v) is 15.9. The molecule has 2 fully saturated rings. The number of carbonyl (C=O) groups is 1. The molecule has 4 heterocycles. The van der Waals surface area contributed by atoms with Crippen molar-refractivity contribution >= 4 is 5.97 Å². The number of nitrogens with zero attached hydrogens (tertiary/aromatic N) is 4. The van der Waals surface area contributed by atoms with Crippen LogP contribution in [-0.4, -0.2) is 56.5 Å². The molecule has 2 aromatic heterocycles. The van der Waals surface area contributed by atoms with Crippen molar-refractivity contribution in [2.24, 2.45) is 5.92 Å². The van der Waals surface area contributed by atoms with Gasteiger partial charge in [0.2, 0.25) is 0 Å². The smallest absolute Gasteiger partial charge is 0.475 e. The third-order valence-electron chi connectivity index (χ3n) is 4.71. The second-order valence-corrected chi connectivity index (χ2v) is 7.11. The van der Waals surface area contributed by atoms with Crippen LogP contribution in [0.2, 0.25) is 0 Å². The van der Waals surface area contributed by atoms with Crippen LogP contribution in [0.4, 0.5) is 13.2 Å². The number of likely N-dealkylation sites (tertiary alicyclic amines) is 1. The van der Waals surface area contributed by atoms with Crippen LogP contribution in [0.3, 0.4) is 0 Å². The van der Waals surface area contributed by atoms with Gasteiger partial charge in [0.05, 0.1) is 11.8 Å². The fourth-order valence-corrected chi connectivity index (χ4v) is 3.50. The van der Waals surface area contributed by atoms with E-state index < -0.39 is 12.1 Å². The van der Waals surface area contributed by atoms with Crippen LogP contribution in [0.5, 0.6) is 0 Å². The fraction of sp³-hybridized carbons (Fsp3) is 0.556. The van der Waals surface area contributed by atoms with Crippen molar-refractivity contribution in [3.05, 3.63) is 41.3 Å². The number of pyridine rings is 1. The van der Waals surface area contributed by atoms with Crippen LogP contribution < -0.4 is 0 Å². The first-order chi connectivity index (χ1) is 13.6. The molecule has 3 atom stereocenters. The van der Waals surface area contributed by atoms with E-state index in [1.54, 1.807) is 0 Å². The number of aryl methyl sites for hydroxylation is 2. The summed E-state index contributed by atoms with van der Waals surface area (Å²) in [5, 5.41) is 11.0. The zero-order chi connectivity index (χ0) is 21.2. The van der Waals surface area contributed by atoms with Gasteiger partial charge in [-0.25, -0.2) is 4.79 Å². The van der Waals surface area contributed by atoms with E-state index in [1.165, 1.54) is 0 Å². The lowest BCUT2D eigenvalue weighted by Crippen LogP contribution is -2.24. The number of ether oxygens (including phenoxy) is 1. The summed E-state index contributed by atoms with van der Waals surface area (Å²) in [6.45, 7) is 6.75. The van der Waals surface area contributed by atoms with Gasteiger partial charge in [0.25, 0.3) is 5.89 Å². The Morgan fingerprint density at radius 1 is 1.28 bits per heavy atom. The zero-order valence-electron chi connectivity index (χ0n) is 15.9. The van der Waals surface area contributed by atoms with Gasteiger partial charge in [-0.2, -0.15) is 18.2 Å². The Morgan fingerprint density at radius 3 is 2.55 bits per heavy atom. The average molecular weight is 414 g/mol. The van der Waals surface area contributed by atoms with Gasteiger partial charge in [0.1, 0.15) is 6.10 Å². The lowest BCUT2D eigenvalue weighted by Gasteiger charge is -2.17. The lowest BCUT2D eigenvalue weighted by molar-refractivity contribution is -0.192. The first-order valence-electron chi connectivity index (χ1n) is 9.02. The SMILES string of the molecule is Cc1cccc(CN2C[C@@H]3C[C@@H](c4nc(C)no4)O[C@@H]3C2)n1.O=C(O)C(F)(F)F. The van der Waals surface area contributed by atoms with Crippen LogP contribution in [0.1, 0.15) is 35.6 Å². The Kier molecular flexibility index (Phi) is 6.18. The molecule has 2 aliphatic heterocycles. The first-order valence-corrected chi connectivity index (χ1v) is 9.02. The number of halogens is 3. The van der Waals surface area contributed by atoms with Gasteiger partial charge in [0, 0.05) is 31.2 Å². The molecular formula is C18H21F3N4O4. The Balaban J connectivity index is 0.000000298. The topological polar surface area (TPSA) is 102 Å². The van der Waals surface area contributed by atoms with E-state index >= 15 is 0 Å². The van der Waals surface area contributed by atoms with Gasteiger partial charge < -0.3 is 14.4 Å². The van der Waals surface area contributed by atoms with E-state index in [1.807, 2.05) is 19.9 Å². The Morgan fingerprint density at radius 2 is 2.00 bits per heavy atom. The van der Waals surface area contributed by atoms with Gasteiger partial charge in [0.15, 0.2) is 5.82 Å². The third kappa shape index (κ3) is 5.51. The van der Waals surface area contributed by atoms with Crippen LogP contribution in [0.15, 0.2) is 22.7 Å². The fourth-order valence-electron chi connectivity index (χ4n) is 3.50. The second-order valence-electron chi connectivity index (χ2n) is 7.11.